The molecular weight excluding hydrogens is 240 g/mol. The van der Waals surface area contributed by atoms with Crippen LogP contribution in [0.3, 0.4) is 0 Å². The first-order chi connectivity index (χ1) is 9.15. The summed E-state index contributed by atoms with van der Waals surface area (Å²) in [6, 6.07) is 10.3. The molecule has 1 aliphatic rings. The second kappa shape index (κ2) is 6.06. The first-order valence-electron chi connectivity index (χ1n) is 6.79. The van der Waals surface area contributed by atoms with Crippen LogP contribution in [0.25, 0.3) is 0 Å². The highest BCUT2D eigenvalue weighted by atomic mass is 16.3. The summed E-state index contributed by atoms with van der Waals surface area (Å²) in [6.07, 6.45) is 3.37. The number of aliphatic hydroxyl groups excluding tert-OH is 1. The SMILES string of the molecule is CN(CCO)C(=O)NCC1(Cc2ccccc2)CC1. The maximum Gasteiger partial charge on any atom is 0.317 e. The number of hydrogen-bond acceptors (Lipinski definition) is 2. The van der Waals surface area contributed by atoms with Crippen molar-refractivity contribution in [1.82, 2.24) is 10.2 Å². The molecule has 2 N–H and O–H groups in total. The Morgan fingerprint density at radius 2 is 2.05 bits per heavy atom. The van der Waals surface area contributed by atoms with Crippen LogP contribution in [-0.4, -0.2) is 42.8 Å². The van der Waals surface area contributed by atoms with Gasteiger partial charge in [0.2, 0.25) is 0 Å². The number of nitrogens with one attached hydrogen (secondary N) is 1. The molecule has 0 heterocycles. The molecule has 0 aromatic heterocycles. The Labute approximate surface area is 114 Å². The van der Waals surface area contributed by atoms with Gasteiger partial charge in [-0.3, -0.25) is 0 Å². The zero-order valence-electron chi connectivity index (χ0n) is 11.4. The molecule has 1 aromatic rings. The highest BCUT2D eigenvalue weighted by Crippen LogP contribution is 2.47. The van der Waals surface area contributed by atoms with E-state index in [1.54, 1.807) is 7.05 Å². The van der Waals surface area contributed by atoms with Gasteiger partial charge >= 0.3 is 6.03 Å². The molecule has 0 atom stereocenters. The molecule has 0 spiro atoms. The van der Waals surface area contributed by atoms with Crippen molar-refractivity contribution < 1.29 is 9.90 Å². The van der Waals surface area contributed by atoms with Crippen LogP contribution in [0.1, 0.15) is 18.4 Å². The number of urea groups is 1. The predicted octanol–water partition coefficient (Wildman–Crippen LogP) is 1.64. The molecule has 2 amide bonds. The average Bonchev–Trinajstić information content (AvgIpc) is 3.17. The fraction of sp³-hybridized carbons (Fsp3) is 0.533. The lowest BCUT2D eigenvalue weighted by molar-refractivity contribution is 0.188. The lowest BCUT2D eigenvalue weighted by Gasteiger charge is -2.20. The molecule has 104 valence electrons. The minimum absolute atomic E-state index is 0.000914. The van der Waals surface area contributed by atoms with Crippen LogP contribution in [0.2, 0.25) is 0 Å². The van der Waals surface area contributed by atoms with Crippen molar-refractivity contribution in [2.75, 3.05) is 26.7 Å². The summed E-state index contributed by atoms with van der Waals surface area (Å²) in [7, 11) is 1.70. The largest absolute Gasteiger partial charge is 0.395 e. The topological polar surface area (TPSA) is 52.6 Å². The van der Waals surface area contributed by atoms with Gasteiger partial charge in [0.25, 0.3) is 0 Å². The first kappa shape index (κ1) is 13.9. The monoisotopic (exact) mass is 262 g/mol. The van der Waals surface area contributed by atoms with Gasteiger partial charge in [-0.15, -0.1) is 0 Å². The molecule has 2 rings (SSSR count). The lowest BCUT2D eigenvalue weighted by atomic mass is 9.96. The molecule has 4 heteroatoms. The zero-order chi connectivity index (χ0) is 13.7. The Hall–Kier alpha value is -1.55. The number of amides is 2. The van der Waals surface area contributed by atoms with Gasteiger partial charge in [-0.25, -0.2) is 4.79 Å². The standard InChI is InChI=1S/C15H22N2O2/c1-17(9-10-18)14(19)16-12-15(7-8-15)11-13-5-3-2-4-6-13/h2-6,18H,7-12H2,1H3,(H,16,19). The van der Waals surface area contributed by atoms with Crippen LogP contribution in [0, 0.1) is 5.41 Å². The summed E-state index contributed by atoms with van der Waals surface area (Å²) in [5, 5.41) is 11.8. The molecule has 1 aromatic carbocycles. The lowest BCUT2D eigenvalue weighted by Crippen LogP contribution is -2.41. The fourth-order valence-electron chi connectivity index (χ4n) is 2.27. The minimum Gasteiger partial charge on any atom is -0.395 e. The summed E-state index contributed by atoms with van der Waals surface area (Å²) in [6.45, 7) is 1.09. The van der Waals surface area contributed by atoms with Crippen LogP contribution in [-0.2, 0) is 6.42 Å². The number of hydrogen-bond donors (Lipinski definition) is 2. The summed E-state index contributed by atoms with van der Waals surface area (Å²) < 4.78 is 0. The van der Waals surface area contributed by atoms with Crippen molar-refractivity contribution in [1.29, 1.82) is 0 Å². The van der Waals surface area contributed by atoms with Crippen molar-refractivity contribution in [3.8, 4) is 0 Å². The van der Waals surface area contributed by atoms with Gasteiger partial charge in [0.05, 0.1) is 6.61 Å². The normalized spacial score (nSPS) is 15.9. The molecule has 0 unspecified atom stereocenters. The summed E-state index contributed by atoms with van der Waals surface area (Å²) in [5.41, 5.74) is 1.58. The second-order valence-corrected chi connectivity index (χ2v) is 5.47. The van der Waals surface area contributed by atoms with E-state index in [1.165, 1.54) is 23.3 Å². The van der Waals surface area contributed by atoms with Gasteiger partial charge in [-0.2, -0.15) is 0 Å². The summed E-state index contributed by atoms with van der Waals surface area (Å²) >= 11 is 0. The number of carbonyl (C=O) groups excluding carboxylic acids is 1. The molecule has 0 radical (unpaired) electrons. The van der Waals surface area contributed by atoms with Crippen molar-refractivity contribution >= 4 is 6.03 Å². The molecule has 1 fully saturated rings. The average molecular weight is 262 g/mol. The van der Waals surface area contributed by atoms with E-state index < -0.39 is 0 Å². The number of benzene rings is 1. The highest BCUT2D eigenvalue weighted by Gasteiger charge is 2.42. The van der Waals surface area contributed by atoms with Crippen LogP contribution < -0.4 is 5.32 Å². The van der Waals surface area contributed by atoms with E-state index in [0.717, 1.165) is 13.0 Å². The molecule has 0 saturated heterocycles. The summed E-state index contributed by atoms with van der Waals surface area (Å²) in [5.74, 6) is 0. The van der Waals surface area contributed by atoms with Gasteiger partial charge in [-0.1, -0.05) is 30.3 Å². The number of rotatable bonds is 6. The van der Waals surface area contributed by atoms with Crippen molar-refractivity contribution in [2.24, 2.45) is 5.41 Å². The van der Waals surface area contributed by atoms with E-state index in [2.05, 4.69) is 29.6 Å². The molecule has 0 bridgehead atoms. The number of carbonyl (C=O) groups is 1. The first-order valence-corrected chi connectivity index (χ1v) is 6.79. The second-order valence-electron chi connectivity index (χ2n) is 5.47. The maximum atomic E-state index is 11.8. The Morgan fingerprint density at radius 1 is 1.37 bits per heavy atom. The highest BCUT2D eigenvalue weighted by molar-refractivity contribution is 5.73. The Kier molecular flexibility index (Phi) is 4.43. The van der Waals surface area contributed by atoms with Crippen LogP contribution in [0.4, 0.5) is 4.79 Å². The number of aliphatic hydroxyl groups is 1. The van der Waals surface area contributed by atoms with E-state index in [1.807, 2.05) is 6.07 Å². The van der Waals surface area contributed by atoms with Crippen LogP contribution in [0.15, 0.2) is 30.3 Å². The third-order valence-electron chi connectivity index (χ3n) is 3.78. The molecule has 4 nitrogen and oxygen atoms in total. The van der Waals surface area contributed by atoms with E-state index in [0.29, 0.717) is 6.54 Å². The third-order valence-corrected chi connectivity index (χ3v) is 3.78. The molecule has 0 aliphatic heterocycles. The van der Waals surface area contributed by atoms with Crippen LogP contribution >= 0.6 is 0 Å². The van der Waals surface area contributed by atoms with E-state index >= 15 is 0 Å². The fourth-order valence-corrected chi connectivity index (χ4v) is 2.27. The van der Waals surface area contributed by atoms with Crippen molar-refractivity contribution in [3.63, 3.8) is 0 Å². The minimum atomic E-state index is -0.103. The molecule has 1 saturated carbocycles. The van der Waals surface area contributed by atoms with Gasteiger partial charge in [0, 0.05) is 20.1 Å². The van der Waals surface area contributed by atoms with Crippen molar-refractivity contribution in [3.05, 3.63) is 35.9 Å². The van der Waals surface area contributed by atoms with E-state index in [4.69, 9.17) is 5.11 Å². The van der Waals surface area contributed by atoms with Crippen molar-refractivity contribution in [2.45, 2.75) is 19.3 Å². The molecule has 1 aliphatic carbocycles. The summed E-state index contributed by atoms with van der Waals surface area (Å²) in [4.78, 5) is 13.3. The van der Waals surface area contributed by atoms with E-state index in [-0.39, 0.29) is 18.1 Å². The maximum absolute atomic E-state index is 11.8. The van der Waals surface area contributed by atoms with Gasteiger partial charge in [0.15, 0.2) is 0 Å². The van der Waals surface area contributed by atoms with Gasteiger partial charge in [0.1, 0.15) is 0 Å². The number of likely N-dealkylation sites (N-methyl/N-ethyl adjacent to an activating group) is 1. The van der Waals surface area contributed by atoms with Crippen LogP contribution in [0.5, 0.6) is 0 Å². The predicted molar refractivity (Wildman–Crippen MR) is 74.9 cm³/mol. The molecular formula is C15H22N2O2. The smallest absolute Gasteiger partial charge is 0.317 e. The quantitative estimate of drug-likeness (QED) is 0.819. The van der Waals surface area contributed by atoms with Gasteiger partial charge in [-0.05, 0) is 30.2 Å². The van der Waals surface area contributed by atoms with Gasteiger partial charge < -0.3 is 15.3 Å². The molecule has 19 heavy (non-hydrogen) atoms. The number of nitrogens with zero attached hydrogens (tertiary/aromatic N) is 1. The Bertz CT molecular complexity index is 415. The third kappa shape index (κ3) is 3.96. The Balaban J connectivity index is 1.81. The zero-order valence-corrected chi connectivity index (χ0v) is 11.4. The van der Waals surface area contributed by atoms with E-state index in [9.17, 15) is 4.79 Å². The Morgan fingerprint density at radius 3 is 2.63 bits per heavy atom.